The van der Waals surface area contributed by atoms with Crippen molar-refractivity contribution in [3.63, 3.8) is 0 Å². The van der Waals surface area contributed by atoms with Crippen molar-refractivity contribution < 1.29 is 9.72 Å². The summed E-state index contributed by atoms with van der Waals surface area (Å²) in [7, 11) is 0. The molecule has 1 aliphatic heterocycles. The van der Waals surface area contributed by atoms with Crippen LogP contribution in [-0.2, 0) is 4.79 Å². The number of nitrogens with zero attached hydrogens (tertiary/aromatic N) is 2. The molecule has 20 heavy (non-hydrogen) atoms. The lowest BCUT2D eigenvalue weighted by Crippen LogP contribution is -2.15. The van der Waals surface area contributed by atoms with E-state index in [0.717, 1.165) is 16.7 Å². The van der Waals surface area contributed by atoms with Gasteiger partial charge in [-0.25, -0.2) is 0 Å². The van der Waals surface area contributed by atoms with Gasteiger partial charge in [0.25, 0.3) is 5.69 Å². The van der Waals surface area contributed by atoms with Crippen LogP contribution in [0, 0.1) is 17.0 Å². The normalized spacial score (nSPS) is 13.9. The molecule has 6 nitrogen and oxygen atoms in total. The van der Waals surface area contributed by atoms with Crippen molar-refractivity contribution in [1.29, 1.82) is 0 Å². The lowest BCUT2D eigenvalue weighted by molar-refractivity contribution is -0.385. The standard InChI is InChI=1S/C12H13N3O3S2/c1-8-9(3-2-4-10(8)15(17)18)14-11(16)7-20-12-13-5-6-19-12/h2-4H,5-7H2,1H3,(H,14,16). The highest BCUT2D eigenvalue weighted by atomic mass is 32.2. The average molecular weight is 311 g/mol. The van der Waals surface area contributed by atoms with Gasteiger partial charge in [-0.15, -0.1) is 0 Å². The van der Waals surface area contributed by atoms with Crippen LogP contribution < -0.4 is 5.32 Å². The molecule has 1 aliphatic rings. The molecule has 0 aliphatic carbocycles. The number of amides is 1. The van der Waals surface area contributed by atoms with Gasteiger partial charge in [0.15, 0.2) is 0 Å². The first kappa shape index (κ1) is 14.9. The molecule has 1 aromatic rings. The minimum atomic E-state index is -0.455. The average Bonchev–Trinajstić information content (AvgIpc) is 2.91. The van der Waals surface area contributed by atoms with Gasteiger partial charge in [-0.05, 0) is 13.0 Å². The van der Waals surface area contributed by atoms with E-state index in [1.807, 2.05) is 0 Å². The Hall–Kier alpha value is -1.54. The lowest BCUT2D eigenvalue weighted by atomic mass is 10.1. The van der Waals surface area contributed by atoms with Gasteiger partial charge in [0, 0.05) is 11.8 Å². The summed E-state index contributed by atoms with van der Waals surface area (Å²) in [5.41, 5.74) is 0.945. The summed E-state index contributed by atoms with van der Waals surface area (Å²) in [6, 6.07) is 4.64. The minimum Gasteiger partial charge on any atom is -0.325 e. The van der Waals surface area contributed by atoms with E-state index >= 15 is 0 Å². The van der Waals surface area contributed by atoms with E-state index in [4.69, 9.17) is 0 Å². The number of hydrogen-bond donors (Lipinski definition) is 1. The summed E-state index contributed by atoms with van der Waals surface area (Å²) < 4.78 is 0.927. The molecule has 0 aromatic heterocycles. The summed E-state index contributed by atoms with van der Waals surface area (Å²) in [6.07, 6.45) is 0. The molecule has 1 N–H and O–H groups in total. The van der Waals surface area contributed by atoms with Gasteiger partial charge in [0.05, 0.1) is 28.5 Å². The van der Waals surface area contributed by atoms with Gasteiger partial charge in [-0.3, -0.25) is 19.9 Å². The zero-order valence-electron chi connectivity index (χ0n) is 10.8. The summed E-state index contributed by atoms with van der Waals surface area (Å²) in [5, 5.41) is 13.5. The van der Waals surface area contributed by atoms with E-state index in [9.17, 15) is 14.9 Å². The number of nitro groups is 1. The molecule has 1 heterocycles. The Bertz CT molecular complexity index is 575. The largest absolute Gasteiger partial charge is 0.325 e. The first-order valence-corrected chi connectivity index (χ1v) is 7.89. The second-order valence-corrected chi connectivity index (χ2v) is 6.35. The van der Waals surface area contributed by atoms with Crippen LogP contribution in [-0.4, -0.2) is 33.3 Å². The molecule has 106 valence electrons. The molecular weight excluding hydrogens is 298 g/mol. The van der Waals surface area contributed by atoms with Crippen molar-refractivity contribution in [2.75, 3.05) is 23.4 Å². The van der Waals surface area contributed by atoms with Crippen LogP contribution in [0.25, 0.3) is 0 Å². The second kappa shape index (κ2) is 6.76. The van der Waals surface area contributed by atoms with Crippen LogP contribution in [0.1, 0.15) is 5.56 Å². The van der Waals surface area contributed by atoms with Crippen molar-refractivity contribution in [3.8, 4) is 0 Å². The Morgan fingerprint density at radius 3 is 3.05 bits per heavy atom. The summed E-state index contributed by atoms with van der Waals surface area (Å²) in [4.78, 5) is 26.5. The number of nitrogens with one attached hydrogen (secondary N) is 1. The molecule has 0 fully saturated rings. The molecular formula is C12H13N3O3S2. The summed E-state index contributed by atoms with van der Waals surface area (Å²) in [6.45, 7) is 2.43. The van der Waals surface area contributed by atoms with Crippen LogP contribution in [0.5, 0.6) is 0 Å². The number of benzene rings is 1. The fourth-order valence-corrected chi connectivity index (χ4v) is 3.48. The van der Waals surface area contributed by atoms with Crippen molar-refractivity contribution in [2.45, 2.75) is 6.92 Å². The third kappa shape index (κ3) is 3.73. The van der Waals surface area contributed by atoms with Crippen molar-refractivity contribution in [3.05, 3.63) is 33.9 Å². The maximum atomic E-state index is 11.8. The molecule has 8 heteroatoms. The number of hydrogen-bond acceptors (Lipinski definition) is 6. The fourth-order valence-electron chi connectivity index (χ4n) is 1.67. The zero-order chi connectivity index (χ0) is 14.5. The highest BCUT2D eigenvalue weighted by molar-refractivity contribution is 8.39. The monoisotopic (exact) mass is 311 g/mol. The highest BCUT2D eigenvalue weighted by Crippen LogP contribution is 2.26. The third-order valence-electron chi connectivity index (χ3n) is 2.66. The predicted molar refractivity (Wildman–Crippen MR) is 83.7 cm³/mol. The van der Waals surface area contributed by atoms with Gasteiger partial charge in [-0.1, -0.05) is 29.6 Å². The maximum Gasteiger partial charge on any atom is 0.274 e. The molecule has 0 unspecified atom stereocenters. The van der Waals surface area contributed by atoms with Crippen molar-refractivity contribution >= 4 is 45.2 Å². The first-order chi connectivity index (χ1) is 9.58. The number of carbonyl (C=O) groups excluding carboxylic acids is 1. The van der Waals surface area contributed by atoms with E-state index in [1.54, 1.807) is 30.8 Å². The SMILES string of the molecule is Cc1c(NC(=O)CSC2=NCCS2)cccc1[N+](=O)[O-]. The lowest BCUT2D eigenvalue weighted by Gasteiger charge is -2.08. The van der Waals surface area contributed by atoms with Crippen molar-refractivity contribution in [1.82, 2.24) is 0 Å². The molecule has 0 saturated heterocycles. The van der Waals surface area contributed by atoms with Gasteiger partial charge < -0.3 is 5.32 Å². The van der Waals surface area contributed by atoms with Crippen molar-refractivity contribution in [2.24, 2.45) is 4.99 Å². The number of nitro benzene ring substituents is 1. The van der Waals surface area contributed by atoms with E-state index in [0.29, 0.717) is 11.3 Å². The molecule has 1 amide bonds. The van der Waals surface area contributed by atoms with Crippen LogP contribution in [0.4, 0.5) is 11.4 Å². The van der Waals surface area contributed by atoms with Crippen LogP contribution in [0.15, 0.2) is 23.2 Å². The number of rotatable bonds is 4. The Balaban J connectivity index is 1.97. The maximum absolute atomic E-state index is 11.8. The van der Waals surface area contributed by atoms with Gasteiger partial charge in [-0.2, -0.15) is 0 Å². The molecule has 0 saturated carbocycles. The molecule has 1 aromatic carbocycles. The number of carbonyl (C=O) groups is 1. The summed E-state index contributed by atoms with van der Waals surface area (Å²) in [5.74, 6) is 1.04. The predicted octanol–water partition coefficient (Wildman–Crippen LogP) is 2.68. The molecule has 0 radical (unpaired) electrons. The Morgan fingerprint density at radius 1 is 1.60 bits per heavy atom. The first-order valence-electron chi connectivity index (χ1n) is 5.92. The van der Waals surface area contributed by atoms with E-state index in [1.165, 1.54) is 17.8 Å². The summed E-state index contributed by atoms with van der Waals surface area (Å²) >= 11 is 3.04. The smallest absolute Gasteiger partial charge is 0.274 e. The Kier molecular flexibility index (Phi) is 5.02. The molecule has 2 rings (SSSR count). The van der Waals surface area contributed by atoms with E-state index < -0.39 is 4.92 Å². The van der Waals surface area contributed by atoms with Crippen LogP contribution in [0.2, 0.25) is 0 Å². The molecule has 0 bridgehead atoms. The third-order valence-corrected chi connectivity index (χ3v) is 4.91. The fraction of sp³-hybridized carbons (Fsp3) is 0.333. The van der Waals surface area contributed by atoms with E-state index in [2.05, 4.69) is 10.3 Å². The van der Waals surface area contributed by atoms with Gasteiger partial charge in [0.1, 0.15) is 4.38 Å². The highest BCUT2D eigenvalue weighted by Gasteiger charge is 2.15. The topological polar surface area (TPSA) is 84.6 Å². The molecule has 0 spiro atoms. The Morgan fingerprint density at radius 2 is 2.40 bits per heavy atom. The Labute approximate surface area is 124 Å². The van der Waals surface area contributed by atoms with E-state index in [-0.39, 0.29) is 17.3 Å². The minimum absolute atomic E-state index is 0.00572. The number of aliphatic imine (C=N–C) groups is 1. The van der Waals surface area contributed by atoms with Crippen LogP contribution >= 0.6 is 23.5 Å². The molecule has 0 atom stereocenters. The zero-order valence-corrected chi connectivity index (χ0v) is 12.4. The quantitative estimate of drug-likeness (QED) is 0.682. The number of anilines is 1. The number of thioether (sulfide) groups is 2. The second-order valence-electron chi connectivity index (χ2n) is 4.04. The van der Waals surface area contributed by atoms with Gasteiger partial charge in [0.2, 0.25) is 5.91 Å². The van der Waals surface area contributed by atoms with Gasteiger partial charge >= 0.3 is 0 Å². The van der Waals surface area contributed by atoms with Crippen LogP contribution in [0.3, 0.4) is 0 Å².